The van der Waals surface area contributed by atoms with Gasteiger partial charge in [0.1, 0.15) is 6.61 Å². The molecule has 0 atom stereocenters. The summed E-state index contributed by atoms with van der Waals surface area (Å²) in [5.74, 6) is 0.159. The average molecular weight is 315 g/mol. The number of ether oxygens (including phenoxy) is 1. The molecule has 0 saturated carbocycles. The molecule has 0 saturated heterocycles. The van der Waals surface area contributed by atoms with Gasteiger partial charge in [-0.05, 0) is 23.8 Å². The van der Waals surface area contributed by atoms with Gasteiger partial charge in [0.05, 0.1) is 5.02 Å². The summed E-state index contributed by atoms with van der Waals surface area (Å²) < 4.78 is 19.6. The van der Waals surface area contributed by atoms with E-state index in [0.29, 0.717) is 23.0 Å². The Labute approximate surface area is 132 Å². The van der Waals surface area contributed by atoms with E-state index < -0.39 is 5.82 Å². The third kappa shape index (κ3) is 3.40. The van der Waals surface area contributed by atoms with Gasteiger partial charge in [0, 0.05) is 18.0 Å². The van der Waals surface area contributed by atoms with Crippen LogP contribution in [0.4, 0.5) is 4.39 Å². The second-order valence-electron chi connectivity index (χ2n) is 4.64. The van der Waals surface area contributed by atoms with E-state index in [1.807, 2.05) is 30.3 Å². The van der Waals surface area contributed by atoms with Crippen molar-refractivity contribution in [2.24, 2.45) is 0 Å². The van der Waals surface area contributed by atoms with E-state index >= 15 is 0 Å². The molecule has 3 nitrogen and oxygen atoms in total. The molecule has 3 aromatic rings. The van der Waals surface area contributed by atoms with Crippen molar-refractivity contribution >= 4 is 11.6 Å². The first-order chi connectivity index (χ1) is 10.7. The van der Waals surface area contributed by atoms with Gasteiger partial charge in [-0.2, -0.15) is 0 Å². The summed E-state index contributed by atoms with van der Waals surface area (Å²) in [6, 6.07) is 14.2. The standard InChI is InChI=1S/C17H12ClFN2O/c18-14-9-20-17(21-10-14)13-6-7-16(15(19)8-13)22-11-12-4-2-1-3-5-12/h1-10H,11H2. The van der Waals surface area contributed by atoms with Gasteiger partial charge in [0.25, 0.3) is 0 Å². The van der Waals surface area contributed by atoms with Crippen molar-refractivity contribution in [1.82, 2.24) is 9.97 Å². The molecular formula is C17H12ClFN2O. The quantitative estimate of drug-likeness (QED) is 0.710. The number of benzene rings is 2. The molecule has 0 spiro atoms. The summed E-state index contributed by atoms with van der Waals surface area (Å²) in [7, 11) is 0. The molecule has 0 unspecified atom stereocenters. The maximum absolute atomic E-state index is 14.1. The molecule has 0 bridgehead atoms. The fourth-order valence-corrected chi connectivity index (χ4v) is 2.05. The van der Waals surface area contributed by atoms with Crippen LogP contribution in [0.5, 0.6) is 5.75 Å². The van der Waals surface area contributed by atoms with Gasteiger partial charge in [-0.15, -0.1) is 0 Å². The van der Waals surface area contributed by atoms with Gasteiger partial charge in [-0.25, -0.2) is 14.4 Å². The molecule has 5 heteroatoms. The second kappa shape index (κ2) is 6.54. The summed E-state index contributed by atoms with van der Waals surface area (Å²) in [5.41, 5.74) is 1.55. The van der Waals surface area contributed by atoms with Crippen LogP contribution < -0.4 is 4.74 Å². The van der Waals surface area contributed by atoms with Crippen molar-refractivity contribution in [2.75, 3.05) is 0 Å². The Morgan fingerprint density at radius 3 is 2.41 bits per heavy atom. The highest BCUT2D eigenvalue weighted by Gasteiger charge is 2.08. The number of nitrogens with zero attached hydrogens (tertiary/aromatic N) is 2. The number of hydrogen-bond acceptors (Lipinski definition) is 3. The zero-order chi connectivity index (χ0) is 15.4. The van der Waals surface area contributed by atoms with Crippen molar-refractivity contribution < 1.29 is 9.13 Å². The predicted octanol–water partition coefficient (Wildman–Crippen LogP) is 4.52. The molecule has 1 heterocycles. The summed E-state index contributed by atoms with van der Waals surface area (Å²) in [6.45, 7) is 0.314. The Hall–Kier alpha value is -2.46. The van der Waals surface area contributed by atoms with E-state index in [1.165, 1.54) is 18.5 Å². The Morgan fingerprint density at radius 2 is 1.73 bits per heavy atom. The Kier molecular flexibility index (Phi) is 4.30. The first-order valence-corrected chi connectivity index (χ1v) is 7.04. The highest BCUT2D eigenvalue weighted by molar-refractivity contribution is 6.30. The maximum atomic E-state index is 14.1. The Balaban J connectivity index is 1.76. The number of hydrogen-bond donors (Lipinski definition) is 0. The highest BCUT2D eigenvalue weighted by Crippen LogP contribution is 2.24. The van der Waals surface area contributed by atoms with Crippen molar-refractivity contribution in [3.8, 4) is 17.1 Å². The first kappa shape index (κ1) is 14.5. The van der Waals surface area contributed by atoms with Crippen LogP contribution >= 0.6 is 11.6 Å². The molecule has 0 aliphatic heterocycles. The van der Waals surface area contributed by atoms with Gasteiger partial charge < -0.3 is 4.74 Å². The lowest BCUT2D eigenvalue weighted by Gasteiger charge is -2.08. The molecule has 1 aromatic heterocycles. The van der Waals surface area contributed by atoms with E-state index in [-0.39, 0.29) is 5.75 Å². The normalized spacial score (nSPS) is 10.5. The molecule has 0 fully saturated rings. The minimum atomic E-state index is -0.452. The van der Waals surface area contributed by atoms with Gasteiger partial charge in [0.2, 0.25) is 0 Å². The zero-order valence-electron chi connectivity index (χ0n) is 11.5. The largest absolute Gasteiger partial charge is 0.486 e. The Bertz CT molecular complexity index is 763. The molecular weight excluding hydrogens is 303 g/mol. The summed E-state index contributed by atoms with van der Waals surface area (Å²) >= 11 is 5.74. The van der Waals surface area contributed by atoms with Crippen LogP contribution in [0.2, 0.25) is 5.02 Å². The molecule has 22 heavy (non-hydrogen) atoms. The fraction of sp³-hybridized carbons (Fsp3) is 0.0588. The monoisotopic (exact) mass is 314 g/mol. The van der Waals surface area contributed by atoms with E-state index in [0.717, 1.165) is 5.56 Å². The molecule has 2 aromatic carbocycles. The van der Waals surface area contributed by atoms with E-state index in [2.05, 4.69) is 9.97 Å². The molecule has 0 amide bonds. The van der Waals surface area contributed by atoms with Crippen LogP contribution in [-0.2, 0) is 6.61 Å². The smallest absolute Gasteiger partial charge is 0.165 e. The second-order valence-corrected chi connectivity index (χ2v) is 5.08. The van der Waals surface area contributed by atoms with Crippen molar-refractivity contribution in [3.05, 3.63) is 77.3 Å². The Morgan fingerprint density at radius 1 is 1.00 bits per heavy atom. The van der Waals surface area contributed by atoms with Crippen LogP contribution in [0.25, 0.3) is 11.4 Å². The molecule has 0 N–H and O–H groups in total. The van der Waals surface area contributed by atoms with Gasteiger partial charge in [0.15, 0.2) is 17.4 Å². The van der Waals surface area contributed by atoms with Crippen LogP contribution in [0.3, 0.4) is 0 Å². The van der Waals surface area contributed by atoms with Gasteiger partial charge >= 0.3 is 0 Å². The van der Waals surface area contributed by atoms with Crippen LogP contribution in [-0.4, -0.2) is 9.97 Å². The molecule has 0 aliphatic carbocycles. The topological polar surface area (TPSA) is 35.0 Å². The molecule has 3 rings (SSSR count). The minimum Gasteiger partial charge on any atom is -0.486 e. The van der Waals surface area contributed by atoms with Crippen molar-refractivity contribution in [3.63, 3.8) is 0 Å². The predicted molar refractivity (Wildman–Crippen MR) is 83.2 cm³/mol. The lowest BCUT2D eigenvalue weighted by atomic mass is 10.2. The highest BCUT2D eigenvalue weighted by atomic mass is 35.5. The summed E-state index contributed by atoms with van der Waals surface area (Å²) in [5, 5.41) is 0.437. The lowest BCUT2D eigenvalue weighted by molar-refractivity contribution is 0.290. The SMILES string of the molecule is Fc1cc(-c2ncc(Cl)cn2)ccc1OCc1ccccc1. The molecule has 0 radical (unpaired) electrons. The van der Waals surface area contributed by atoms with Crippen molar-refractivity contribution in [2.45, 2.75) is 6.61 Å². The zero-order valence-corrected chi connectivity index (χ0v) is 12.3. The van der Waals surface area contributed by atoms with E-state index in [4.69, 9.17) is 16.3 Å². The number of halogens is 2. The van der Waals surface area contributed by atoms with Crippen LogP contribution in [0.15, 0.2) is 60.9 Å². The van der Waals surface area contributed by atoms with Crippen LogP contribution in [0, 0.1) is 5.82 Å². The summed E-state index contributed by atoms with van der Waals surface area (Å²) in [6.07, 6.45) is 2.95. The maximum Gasteiger partial charge on any atom is 0.165 e. The van der Waals surface area contributed by atoms with E-state index in [1.54, 1.807) is 12.1 Å². The third-order valence-electron chi connectivity index (χ3n) is 3.05. The number of aromatic nitrogens is 2. The van der Waals surface area contributed by atoms with Crippen LogP contribution in [0.1, 0.15) is 5.56 Å². The summed E-state index contributed by atoms with van der Waals surface area (Å²) in [4.78, 5) is 8.12. The van der Waals surface area contributed by atoms with Crippen molar-refractivity contribution in [1.29, 1.82) is 0 Å². The lowest BCUT2D eigenvalue weighted by Crippen LogP contribution is -1.98. The van der Waals surface area contributed by atoms with Gasteiger partial charge in [-0.3, -0.25) is 0 Å². The van der Waals surface area contributed by atoms with E-state index in [9.17, 15) is 4.39 Å². The minimum absolute atomic E-state index is 0.196. The average Bonchev–Trinajstić information content (AvgIpc) is 2.55. The first-order valence-electron chi connectivity index (χ1n) is 6.66. The third-order valence-corrected chi connectivity index (χ3v) is 3.24. The number of rotatable bonds is 4. The fourth-order valence-electron chi connectivity index (χ4n) is 1.95. The molecule has 0 aliphatic rings. The molecule has 110 valence electrons. The van der Waals surface area contributed by atoms with Gasteiger partial charge in [-0.1, -0.05) is 41.9 Å².